The zero-order valence-electron chi connectivity index (χ0n) is 11.6. The molecule has 1 atom stereocenters. The van der Waals surface area contributed by atoms with Crippen LogP contribution in [-0.2, 0) is 6.61 Å². The van der Waals surface area contributed by atoms with E-state index in [1.807, 2.05) is 49.4 Å². The van der Waals surface area contributed by atoms with Crippen molar-refractivity contribution in [1.29, 1.82) is 0 Å². The molecule has 0 fully saturated rings. The number of ether oxygens (including phenoxy) is 2. The van der Waals surface area contributed by atoms with Crippen molar-refractivity contribution >= 4 is 15.9 Å². The van der Waals surface area contributed by atoms with Gasteiger partial charge in [0, 0.05) is 16.1 Å². The van der Waals surface area contributed by atoms with Crippen LogP contribution in [0, 0.1) is 0 Å². The number of halogens is 1. The molecule has 1 unspecified atom stereocenters. The van der Waals surface area contributed by atoms with Crippen molar-refractivity contribution in [2.45, 2.75) is 19.6 Å². The van der Waals surface area contributed by atoms with Crippen molar-refractivity contribution in [3.63, 3.8) is 0 Å². The Morgan fingerprint density at radius 1 is 1.10 bits per heavy atom. The zero-order chi connectivity index (χ0) is 14.5. The van der Waals surface area contributed by atoms with Gasteiger partial charge in [0.15, 0.2) is 0 Å². The molecule has 0 aromatic heterocycles. The Bertz CT molecular complexity index is 567. The molecule has 0 aliphatic rings. The quantitative estimate of drug-likeness (QED) is 0.896. The van der Waals surface area contributed by atoms with Gasteiger partial charge in [-0.25, -0.2) is 0 Å². The van der Waals surface area contributed by atoms with Crippen LogP contribution >= 0.6 is 15.9 Å². The van der Waals surface area contributed by atoms with Crippen LogP contribution in [0.4, 0.5) is 0 Å². The van der Waals surface area contributed by atoms with Gasteiger partial charge in [-0.3, -0.25) is 0 Å². The van der Waals surface area contributed by atoms with E-state index in [-0.39, 0.29) is 6.04 Å². The first kappa shape index (κ1) is 14.9. The van der Waals surface area contributed by atoms with E-state index >= 15 is 0 Å². The number of methoxy groups -OCH3 is 1. The van der Waals surface area contributed by atoms with E-state index in [1.54, 1.807) is 7.11 Å². The Balaban J connectivity index is 2.04. The molecular weight excluding hydrogens is 318 g/mol. The monoisotopic (exact) mass is 335 g/mol. The van der Waals surface area contributed by atoms with E-state index in [4.69, 9.17) is 15.2 Å². The minimum absolute atomic E-state index is 0.0385. The molecule has 106 valence electrons. The maximum atomic E-state index is 5.82. The standard InChI is InChI=1S/C16H18BrNO2/c1-11(18)12-3-5-14(6-4-12)20-10-13-9-15(19-2)7-8-16(13)17/h3-9,11H,10,18H2,1-2H3. The lowest BCUT2D eigenvalue weighted by molar-refractivity contribution is 0.304. The fraction of sp³-hybridized carbons (Fsp3) is 0.250. The summed E-state index contributed by atoms with van der Waals surface area (Å²) < 4.78 is 12.0. The highest BCUT2D eigenvalue weighted by Gasteiger charge is 2.04. The highest BCUT2D eigenvalue weighted by atomic mass is 79.9. The van der Waals surface area contributed by atoms with Gasteiger partial charge in [-0.1, -0.05) is 28.1 Å². The molecule has 2 aromatic rings. The number of rotatable bonds is 5. The molecule has 0 aliphatic heterocycles. The van der Waals surface area contributed by atoms with Crippen LogP contribution in [0.2, 0.25) is 0 Å². The van der Waals surface area contributed by atoms with E-state index < -0.39 is 0 Å². The molecule has 4 heteroatoms. The summed E-state index contributed by atoms with van der Waals surface area (Å²) in [5.74, 6) is 1.64. The molecule has 0 aliphatic carbocycles. The second-order valence-corrected chi connectivity index (χ2v) is 5.46. The smallest absolute Gasteiger partial charge is 0.119 e. The predicted molar refractivity (Wildman–Crippen MR) is 84.1 cm³/mol. The molecule has 0 spiro atoms. The first-order chi connectivity index (χ1) is 9.60. The van der Waals surface area contributed by atoms with Crippen LogP contribution in [0.25, 0.3) is 0 Å². The summed E-state index contributed by atoms with van der Waals surface area (Å²) >= 11 is 3.51. The fourth-order valence-electron chi connectivity index (χ4n) is 1.82. The van der Waals surface area contributed by atoms with Crippen LogP contribution in [0.15, 0.2) is 46.9 Å². The molecule has 0 saturated heterocycles. The summed E-state index contributed by atoms with van der Waals surface area (Å²) in [6.45, 7) is 2.44. The van der Waals surface area contributed by atoms with Gasteiger partial charge in [0.2, 0.25) is 0 Å². The predicted octanol–water partition coefficient (Wildman–Crippen LogP) is 4.06. The fourth-order valence-corrected chi connectivity index (χ4v) is 2.18. The summed E-state index contributed by atoms with van der Waals surface area (Å²) in [6, 6.07) is 13.7. The zero-order valence-corrected chi connectivity index (χ0v) is 13.2. The van der Waals surface area contributed by atoms with E-state index in [1.165, 1.54) is 0 Å². The van der Waals surface area contributed by atoms with Crippen molar-refractivity contribution in [3.05, 3.63) is 58.1 Å². The molecule has 2 rings (SSSR count). The van der Waals surface area contributed by atoms with E-state index in [2.05, 4.69) is 15.9 Å². The highest BCUT2D eigenvalue weighted by Crippen LogP contribution is 2.24. The average molecular weight is 336 g/mol. The summed E-state index contributed by atoms with van der Waals surface area (Å²) in [4.78, 5) is 0. The van der Waals surface area contributed by atoms with Gasteiger partial charge in [-0.05, 0) is 42.8 Å². The molecule has 0 saturated carbocycles. The molecule has 2 N–H and O–H groups in total. The van der Waals surface area contributed by atoms with Crippen LogP contribution in [0.3, 0.4) is 0 Å². The van der Waals surface area contributed by atoms with Gasteiger partial charge in [0.25, 0.3) is 0 Å². The SMILES string of the molecule is COc1ccc(Br)c(COc2ccc(C(C)N)cc2)c1. The summed E-state index contributed by atoms with van der Waals surface area (Å²) in [5, 5.41) is 0. The van der Waals surface area contributed by atoms with Crippen LogP contribution in [0.1, 0.15) is 24.1 Å². The topological polar surface area (TPSA) is 44.5 Å². The second-order valence-electron chi connectivity index (χ2n) is 4.60. The van der Waals surface area contributed by atoms with Crippen molar-refractivity contribution < 1.29 is 9.47 Å². The lowest BCUT2D eigenvalue weighted by Crippen LogP contribution is -2.04. The first-order valence-electron chi connectivity index (χ1n) is 6.41. The minimum atomic E-state index is 0.0385. The van der Waals surface area contributed by atoms with Crippen molar-refractivity contribution in [2.75, 3.05) is 7.11 Å². The number of nitrogens with two attached hydrogens (primary N) is 1. The molecule has 3 nitrogen and oxygen atoms in total. The second kappa shape index (κ2) is 6.77. The van der Waals surface area contributed by atoms with Gasteiger partial charge in [0.05, 0.1) is 7.11 Å². The third-order valence-electron chi connectivity index (χ3n) is 3.05. The lowest BCUT2D eigenvalue weighted by atomic mass is 10.1. The van der Waals surface area contributed by atoms with Crippen molar-refractivity contribution in [1.82, 2.24) is 0 Å². The molecule has 0 radical (unpaired) electrons. The number of benzene rings is 2. The van der Waals surface area contributed by atoms with Crippen LogP contribution in [-0.4, -0.2) is 7.11 Å². The van der Waals surface area contributed by atoms with Crippen LogP contribution < -0.4 is 15.2 Å². The van der Waals surface area contributed by atoms with Gasteiger partial charge in [0.1, 0.15) is 18.1 Å². The van der Waals surface area contributed by atoms with Crippen molar-refractivity contribution in [2.24, 2.45) is 5.73 Å². The third kappa shape index (κ3) is 3.74. The van der Waals surface area contributed by atoms with E-state index in [0.717, 1.165) is 27.1 Å². The van der Waals surface area contributed by atoms with Gasteiger partial charge < -0.3 is 15.2 Å². The van der Waals surface area contributed by atoms with E-state index in [0.29, 0.717) is 6.61 Å². The molecular formula is C16H18BrNO2. The summed E-state index contributed by atoms with van der Waals surface area (Å²) in [6.07, 6.45) is 0. The maximum absolute atomic E-state index is 5.82. The Hall–Kier alpha value is -1.52. The highest BCUT2D eigenvalue weighted by molar-refractivity contribution is 9.10. The molecule has 2 aromatic carbocycles. The normalized spacial score (nSPS) is 12.0. The Labute approximate surface area is 127 Å². The van der Waals surface area contributed by atoms with Crippen LogP contribution in [0.5, 0.6) is 11.5 Å². The molecule has 20 heavy (non-hydrogen) atoms. The van der Waals surface area contributed by atoms with Gasteiger partial charge in [-0.2, -0.15) is 0 Å². The average Bonchev–Trinajstić information content (AvgIpc) is 2.47. The Kier molecular flexibility index (Phi) is 5.04. The number of hydrogen-bond donors (Lipinski definition) is 1. The molecule has 0 amide bonds. The third-order valence-corrected chi connectivity index (χ3v) is 3.83. The Morgan fingerprint density at radius 2 is 1.75 bits per heavy atom. The Morgan fingerprint density at radius 3 is 2.35 bits per heavy atom. The van der Waals surface area contributed by atoms with E-state index in [9.17, 15) is 0 Å². The largest absolute Gasteiger partial charge is 0.497 e. The number of hydrogen-bond acceptors (Lipinski definition) is 3. The maximum Gasteiger partial charge on any atom is 0.119 e. The lowest BCUT2D eigenvalue weighted by Gasteiger charge is -2.11. The first-order valence-corrected chi connectivity index (χ1v) is 7.20. The molecule has 0 bridgehead atoms. The molecule has 0 heterocycles. The summed E-state index contributed by atoms with van der Waals surface area (Å²) in [7, 11) is 1.65. The summed E-state index contributed by atoms with van der Waals surface area (Å²) in [5.41, 5.74) is 7.96. The van der Waals surface area contributed by atoms with Crippen molar-refractivity contribution in [3.8, 4) is 11.5 Å². The van der Waals surface area contributed by atoms with Gasteiger partial charge in [-0.15, -0.1) is 0 Å². The minimum Gasteiger partial charge on any atom is -0.497 e. The van der Waals surface area contributed by atoms with Gasteiger partial charge >= 0.3 is 0 Å².